The number of amides is 1. The summed E-state index contributed by atoms with van der Waals surface area (Å²) in [5, 5.41) is 11.0. The van der Waals surface area contributed by atoms with Gasteiger partial charge in [-0.1, -0.05) is 49.1 Å². The van der Waals surface area contributed by atoms with Crippen LogP contribution < -0.4 is 16.8 Å². The molecule has 194 valence electrons. The molecule has 1 aliphatic rings. The van der Waals surface area contributed by atoms with Crippen LogP contribution in [0.5, 0.6) is 0 Å². The van der Waals surface area contributed by atoms with Crippen LogP contribution in [-0.4, -0.2) is 42.0 Å². The number of aryl methyl sites for hydroxylation is 2. The number of rotatable bonds is 3. The van der Waals surface area contributed by atoms with E-state index in [1.165, 1.54) is 10.2 Å². The maximum Gasteiger partial charge on any atom is 0.256 e. The second kappa shape index (κ2) is 10.9. The Morgan fingerprint density at radius 2 is 2.00 bits per heavy atom. The second-order valence-electron chi connectivity index (χ2n) is 8.78. The van der Waals surface area contributed by atoms with Crippen LogP contribution in [0.2, 0.25) is 0 Å². The highest BCUT2D eigenvalue weighted by atomic mass is 16.1. The summed E-state index contributed by atoms with van der Waals surface area (Å²) in [6.45, 7) is 2.78. The van der Waals surface area contributed by atoms with Gasteiger partial charge in [0.25, 0.3) is 5.91 Å². The molecule has 0 saturated carbocycles. The third kappa shape index (κ3) is 5.33. The quantitative estimate of drug-likeness (QED) is 0.311. The van der Waals surface area contributed by atoms with Crippen LogP contribution in [0.25, 0.3) is 28.5 Å². The summed E-state index contributed by atoms with van der Waals surface area (Å²) in [5.41, 5.74) is 17.7. The molecule has 39 heavy (non-hydrogen) atoms. The van der Waals surface area contributed by atoms with E-state index in [1.807, 2.05) is 43.6 Å². The van der Waals surface area contributed by atoms with Gasteiger partial charge in [0, 0.05) is 37.7 Å². The first kappa shape index (κ1) is 25.2. The van der Waals surface area contributed by atoms with E-state index < -0.39 is 5.91 Å². The van der Waals surface area contributed by atoms with Gasteiger partial charge in [0.2, 0.25) is 0 Å². The molecular formula is C29H27N9O. The molecule has 4 aromatic heterocycles. The lowest BCUT2D eigenvalue weighted by Gasteiger charge is -2.10. The third-order valence-corrected chi connectivity index (χ3v) is 6.08. The molecule has 10 nitrogen and oxygen atoms in total. The Morgan fingerprint density at radius 1 is 1.18 bits per heavy atom. The fraction of sp³-hybridized carbons (Fsp3) is 0.138. The minimum absolute atomic E-state index is 0.154. The maximum atomic E-state index is 11.0. The summed E-state index contributed by atoms with van der Waals surface area (Å²) in [6.07, 6.45) is 9.95. The number of benzene rings is 1. The molecule has 0 bridgehead atoms. The summed E-state index contributed by atoms with van der Waals surface area (Å²) >= 11 is 0. The molecule has 1 amide bonds. The lowest BCUT2D eigenvalue weighted by Crippen LogP contribution is -2.17. The Hall–Kier alpha value is -5.43. The third-order valence-electron chi connectivity index (χ3n) is 6.08. The van der Waals surface area contributed by atoms with E-state index >= 15 is 0 Å². The number of aromatic nitrogens is 6. The lowest BCUT2D eigenvalue weighted by atomic mass is 10.0. The van der Waals surface area contributed by atoms with Crippen molar-refractivity contribution < 1.29 is 4.79 Å². The summed E-state index contributed by atoms with van der Waals surface area (Å²) in [6, 6.07) is 14.3. The molecule has 1 aromatic carbocycles. The van der Waals surface area contributed by atoms with Crippen LogP contribution in [0, 0.1) is 11.8 Å². The highest BCUT2D eigenvalue weighted by Crippen LogP contribution is 2.27. The van der Waals surface area contributed by atoms with Crippen molar-refractivity contribution in [2.24, 2.45) is 12.8 Å². The van der Waals surface area contributed by atoms with Crippen LogP contribution in [0.15, 0.2) is 67.1 Å². The first-order valence-corrected chi connectivity index (χ1v) is 12.4. The van der Waals surface area contributed by atoms with Crippen molar-refractivity contribution >= 4 is 34.8 Å². The number of nitrogens with zero attached hydrogens (tertiary/aromatic N) is 6. The van der Waals surface area contributed by atoms with E-state index in [2.05, 4.69) is 57.5 Å². The molecule has 5 heterocycles. The SMILES string of the molecule is CCc1cc2nccc(C#Cc3cnn(C)c3)c2nc1-c1ccccc1.NC(=O)c1c(N)nn2c1NCC=C2. The number of nitrogen functional groups attached to an aromatic ring is 1. The number of fused-ring (bicyclic) bond motifs is 2. The predicted molar refractivity (Wildman–Crippen MR) is 153 cm³/mol. The van der Waals surface area contributed by atoms with Crippen molar-refractivity contribution in [2.45, 2.75) is 13.3 Å². The van der Waals surface area contributed by atoms with E-state index in [1.54, 1.807) is 23.3 Å². The van der Waals surface area contributed by atoms with Crippen LogP contribution in [0.3, 0.4) is 0 Å². The molecule has 6 rings (SSSR count). The minimum Gasteiger partial charge on any atom is -0.381 e. The van der Waals surface area contributed by atoms with Crippen LogP contribution in [0.4, 0.5) is 11.6 Å². The van der Waals surface area contributed by atoms with E-state index in [0.717, 1.165) is 39.8 Å². The highest BCUT2D eigenvalue weighted by Gasteiger charge is 2.20. The molecular weight excluding hydrogens is 490 g/mol. The van der Waals surface area contributed by atoms with E-state index in [0.29, 0.717) is 12.4 Å². The molecule has 0 radical (unpaired) electrons. The zero-order valence-corrected chi connectivity index (χ0v) is 21.6. The van der Waals surface area contributed by atoms with Gasteiger partial charge in [-0.2, -0.15) is 5.10 Å². The first-order chi connectivity index (χ1) is 18.9. The average Bonchev–Trinajstić information content (AvgIpc) is 3.53. The number of carbonyl (C=O) groups is 1. The monoisotopic (exact) mass is 517 g/mol. The van der Waals surface area contributed by atoms with Crippen molar-refractivity contribution in [3.63, 3.8) is 0 Å². The smallest absolute Gasteiger partial charge is 0.256 e. The number of nitrogens with one attached hydrogen (secondary N) is 1. The van der Waals surface area contributed by atoms with Crippen molar-refractivity contribution in [3.05, 3.63) is 89.4 Å². The molecule has 0 aliphatic carbocycles. The molecule has 1 aliphatic heterocycles. The van der Waals surface area contributed by atoms with Gasteiger partial charge < -0.3 is 16.8 Å². The van der Waals surface area contributed by atoms with Gasteiger partial charge in [0.05, 0.1) is 28.5 Å². The van der Waals surface area contributed by atoms with Gasteiger partial charge in [0.1, 0.15) is 16.9 Å². The first-order valence-electron chi connectivity index (χ1n) is 12.4. The summed E-state index contributed by atoms with van der Waals surface area (Å²) in [7, 11) is 1.88. The normalized spacial score (nSPS) is 11.5. The van der Waals surface area contributed by atoms with Gasteiger partial charge >= 0.3 is 0 Å². The molecule has 0 fully saturated rings. The summed E-state index contributed by atoms with van der Waals surface area (Å²) in [5.74, 6) is 6.54. The van der Waals surface area contributed by atoms with E-state index in [9.17, 15) is 4.79 Å². The Kier molecular flexibility index (Phi) is 7.05. The topological polar surface area (TPSA) is 143 Å². The van der Waals surface area contributed by atoms with Gasteiger partial charge in [-0.05, 0) is 30.2 Å². The Labute approximate surface area is 225 Å². The van der Waals surface area contributed by atoms with Gasteiger partial charge in [-0.15, -0.1) is 5.10 Å². The number of pyridine rings is 2. The van der Waals surface area contributed by atoms with Crippen LogP contribution >= 0.6 is 0 Å². The lowest BCUT2D eigenvalue weighted by molar-refractivity contribution is 0.100. The molecule has 5 N–H and O–H groups in total. The fourth-order valence-electron chi connectivity index (χ4n) is 4.23. The molecule has 0 spiro atoms. The zero-order chi connectivity index (χ0) is 27.4. The maximum absolute atomic E-state index is 11.0. The van der Waals surface area contributed by atoms with Crippen LogP contribution in [-0.2, 0) is 13.5 Å². The van der Waals surface area contributed by atoms with Crippen molar-refractivity contribution in [1.82, 2.24) is 29.5 Å². The standard InChI is InChI=1S/C22H18N4.C7H9N5O/c1-3-17-13-20-22(25-21(17)18-7-5-4-6-8-18)19(11-12-23-20)10-9-16-14-24-26(2)15-16;8-5-4(6(9)13)7-10-2-1-3-12(7)11-5/h4-8,11-15H,3H2,1-2H3;1,3,10H,2H2,(H2,8,11)(H2,9,13). The second-order valence-corrected chi connectivity index (χ2v) is 8.78. The Balaban J connectivity index is 0.000000198. The largest absolute Gasteiger partial charge is 0.381 e. The zero-order valence-electron chi connectivity index (χ0n) is 21.6. The number of hydrogen-bond acceptors (Lipinski definition) is 7. The number of nitrogens with two attached hydrogens (primary N) is 2. The summed E-state index contributed by atoms with van der Waals surface area (Å²) in [4.78, 5) is 20.4. The number of primary amides is 1. The molecule has 5 aromatic rings. The van der Waals surface area contributed by atoms with Gasteiger partial charge in [0.15, 0.2) is 5.82 Å². The molecule has 10 heteroatoms. The van der Waals surface area contributed by atoms with Gasteiger partial charge in [-0.3, -0.25) is 14.5 Å². The van der Waals surface area contributed by atoms with Crippen molar-refractivity contribution in [1.29, 1.82) is 0 Å². The number of hydrogen-bond donors (Lipinski definition) is 3. The Bertz CT molecular complexity index is 1750. The molecule has 0 unspecified atom stereocenters. The average molecular weight is 518 g/mol. The summed E-state index contributed by atoms with van der Waals surface area (Å²) < 4.78 is 3.24. The minimum atomic E-state index is -0.568. The van der Waals surface area contributed by atoms with Crippen LogP contribution in [0.1, 0.15) is 34.0 Å². The van der Waals surface area contributed by atoms with Crippen molar-refractivity contribution in [2.75, 3.05) is 17.6 Å². The predicted octanol–water partition coefficient (Wildman–Crippen LogP) is 3.45. The van der Waals surface area contributed by atoms with Crippen molar-refractivity contribution in [3.8, 4) is 23.1 Å². The highest BCUT2D eigenvalue weighted by molar-refractivity contribution is 6.02. The van der Waals surface area contributed by atoms with E-state index in [-0.39, 0.29) is 11.4 Å². The number of anilines is 2. The Morgan fingerprint density at radius 3 is 2.72 bits per heavy atom. The fourth-order valence-corrected chi connectivity index (χ4v) is 4.23. The molecule has 0 saturated heterocycles. The van der Waals surface area contributed by atoms with Gasteiger partial charge in [-0.25, -0.2) is 9.67 Å². The molecule has 0 atom stereocenters. The number of carbonyl (C=O) groups excluding carboxylic acids is 1. The van der Waals surface area contributed by atoms with E-state index in [4.69, 9.17) is 16.5 Å².